The molecule has 96 valence electrons. The molecule has 1 aromatic heterocycles. The predicted octanol–water partition coefficient (Wildman–Crippen LogP) is 1.64. The van der Waals surface area contributed by atoms with Crippen LogP contribution in [0.1, 0.15) is 22.9 Å². The van der Waals surface area contributed by atoms with Crippen LogP contribution in [0.4, 0.5) is 0 Å². The molecule has 2 rings (SSSR count). The Kier molecular flexibility index (Phi) is 3.78. The Hall–Kier alpha value is -1.66. The third-order valence-electron chi connectivity index (χ3n) is 2.71. The number of oxazole rings is 1. The lowest BCUT2D eigenvalue weighted by Gasteiger charge is -2.14. The molecule has 2 aromatic rings. The average molecular weight is 266 g/mol. The number of primary sulfonamides is 1. The van der Waals surface area contributed by atoms with Crippen LogP contribution in [0.15, 0.2) is 47.4 Å². The maximum Gasteiger partial charge on any atom is 0.216 e. The highest BCUT2D eigenvalue weighted by atomic mass is 32.2. The van der Waals surface area contributed by atoms with Crippen LogP contribution in [-0.2, 0) is 16.4 Å². The lowest BCUT2D eigenvalue weighted by molar-refractivity contribution is 0.554. The summed E-state index contributed by atoms with van der Waals surface area (Å²) in [6.07, 6.45) is 3.72. The van der Waals surface area contributed by atoms with E-state index in [1.165, 1.54) is 12.7 Å². The molecule has 0 amide bonds. The lowest BCUT2D eigenvalue weighted by Crippen LogP contribution is -2.22. The summed E-state index contributed by atoms with van der Waals surface area (Å²) in [6.45, 7) is 0. The topological polar surface area (TPSA) is 86.2 Å². The van der Waals surface area contributed by atoms with Crippen LogP contribution in [0.25, 0.3) is 0 Å². The molecule has 1 atom stereocenters. The van der Waals surface area contributed by atoms with E-state index in [1.807, 2.05) is 6.07 Å². The molecule has 0 aliphatic rings. The van der Waals surface area contributed by atoms with Crippen molar-refractivity contribution in [1.29, 1.82) is 0 Å². The van der Waals surface area contributed by atoms with Crippen LogP contribution in [-0.4, -0.2) is 13.4 Å². The van der Waals surface area contributed by atoms with Gasteiger partial charge >= 0.3 is 0 Å². The van der Waals surface area contributed by atoms with E-state index in [9.17, 15) is 8.42 Å². The van der Waals surface area contributed by atoms with Crippen molar-refractivity contribution in [3.8, 4) is 0 Å². The second-order valence-corrected chi connectivity index (χ2v) is 5.75. The largest absolute Gasteiger partial charge is 0.451 e. The number of aromatic nitrogens is 1. The van der Waals surface area contributed by atoms with Crippen molar-refractivity contribution in [2.45, 2.75) is 18.1 Å². The predicted molar refractivity (Wildman–Crippen MR) is 67.1 cm³/mol. The standard InChI is InChI=1S/C12H14N2O3S/c13-18(15,16)12(10-4-2-1-3-5-10)7-6-11-8-17-9-14-11/h1-5,8-9,12H,6-7H2,(H2,13,15,16). The van der Waals surface area contributed by atoms with Gasteiger partial charge in [0.25, 0.3) is 0 Å². The number of sulfonamides is 1. The summed E-state index contributed by atoms with van der Waals surface area (Å²) in [7, 11) is -3.63. The number of aryl methyl sites for hydroxylation is 1. The summed E-state index contributed by atoms with van der Waals surface area (Å²) >= 11 is 0. The van der Waals surface area contributed by atoms with Gasteiger partial charge in [0.15, 0.2) is 6.39 Å². The fourth-order valence-corrected chi connectivity index (χ4v) is 2.81. The van der Waals surface area contributed by atoms with Gasteiger partial charge in [0.2, 0.25) is 10.0 Å². The zero-order chi connectivity index (χ0) is 13.0. The summed E-state index contributed by atoms with van der Waals surface area (Å²) in [5.74, 6) is 0. The Labute approximate surface area is 106 Å². The fourth-order valence-electron chi connectivity index (χ4n) is 1.83. The monoisotopic (exact) mass is 266 g/mol. The molecule has 0 spiro atoms. The first kappa shape index (κ1) is 12.8. The number of hydrogen-bond acceptors (Lipinski definition) is 4. The van der Waals surface area contributed by atoms with Gasteiger partial charge in [-0.2, -0.15) is 0 Å². The van der Waals surface area contributed by atoms with E-state index in [1.54, 1.807) is 24.3 Å². The summed E-state index contributed by atoms with van der Waals surface area (Å²) in [5.41, 5.74) is 1.42. The molecular formula is C12H14N2O3S. The highest BCUT2D eigenvalue weighted by Crippen LogP contribution is 2.25. The molecule has 0 saturated heterocycles. The number of nitrogens with two attached hydrogens (primary N) is 1. The number of nitrogens with zero attached hydrogens (tertiary/aromatic N) is 1. The van der Waals surface area contributed by atoms with Gasteiger partial charge in [0, 0.05) is 0 Å². The number of benzene rings is 1. The Balaban J connectivity index is 2.17. The first-order chi connectivity index (χ1) is 8.57. The van der Waals surface area contributed by atoms with Gasteiger partial charge in [-0.3, -0.25) is 0 Å². The van der Waals surface area contributed by atoms with Crippen LogP contribution in [0, 0.1) is 0 Å². The molecule has 0 aliphatic carbocycles. The SMILES string of the molecule is NS(=O)(=O)C(CCc1cocn1)c1ccccc1. The molecular weight excluding hydrogens is 252 g/mol. The zero-order valence-electron chi connectivity index (χ0n) is 9.69. The fraction of sp³-hybridized carbons (Fsp3) is 0.250. The highest BCUT2D eigenvalue weighted by Gasteiger charge is 2.23. The van der Waals surface area contributed by atoms with Gasteiger partial charge in [0.1, 0.15) is 11.5 Å². The van der Waals surface area contributed by atoms with E-state index in [0.29, 0.717) is 18.4 Å². The van der Waals surface area contributed by atoms with Crippen molar-refractivity contribution in [2.24, 2.45) is 5.14 Å². The molecule has 5 nitrogen and oxygen atoms in total. The average Bonchev–Trinajstić information content (AvgIpc) is 2.82. The normalized spacial score (nSPS) is 13.4. The molecule has 2 N–H and O–H groups in total. The van der Waals surface area contributed by atoms with Gasteiger partial charge < -0.3 is 4.42 Å². The van der Waals surface area contributed by atoms with E-state index in [4.69, 9.17) is 9.56 Å². The first-order valence-corrected chi connectivity index (χ1v) is 7.12. The summed E-state index contributed by atoms with van der Waals surface area (Å²) < 4.78 is 28.1. The van der Waals surface area contributed by atoms with Gasteiger partial charge in [-0.05, 0) is 18.4 Å². The van der Waals surface area contributed by atoms with Crippen LogP contribution < -0.4 is 5.14 Å². The van der Waals surface area contributed by atoms with Crippen molar-refractivity contribution in [3.05, 3.63) is 54.2 Å². The summed E-state index contributed by atoms with van der Waals surface area (Å²) in [4.78, 5) is 3.96. The highest BCUT2D eigenvalue weighted by molar-refractivity contribution is 7.89. The number of rotatable bonds is 5. The van der Waals surface area contributed by atoms with Crippen molar-refractivity contribution in [1.82, 2.24) is 4.98 Å². The molecule has 1 unspecified atom stereocenters. The first-order valence-electron chi connectivity index (χ1n) is 5.51. The number of hydrogen-bond donors (Lipinski definition) is 1. The van der Waals surface area contributed by atoms with E-state index < -0.39 is 15.3 Å². The van der Waals surface area contributed by atoms with Crippen molar-refractivity contribution >= 4 is 10.0 Å². The van der Waals surface area contributed by atoms with E-state index in [0.717, 1.165) is 5.69 Å². The van der Waals surface area contributed by atoms with Gasteiger partial charge in [-0.15, -0.1) is 0 Å². The summed E-state index contributed by atoms with van der Waals surface area (Å²) in [5, 5.41) is 4.57. The van der Waals surface area contributed by atoms with E-state index in [2.05, 4.69) is 4.98 Å². The maximum absolute atomic E-state index is 11.6. The zero-order valence-corrected chi connectivity index (χ0v) is 10.5. The Morgan fingerprint density at radius 3 is 2.56 bits per heavy atom. The minimum atomic E-state index is -3.63. The smallest absolute Gasteiger partial charge is 0.216 e. The van der Waals surface area contributed by atoms with Gasteiger partial charge in [0.05, 0.1) is 5.69 Å². The Morgan fingerprint density at radius 1 is 1.28 bits per heavy atom. The maximum atomic E-state index is 11.6. The second-order valence-electron chi connectivity index (χ2n) is 4.01. The third-order valence-corrected chi connectivity index (χ3v) is 4.02. The molecule has 18 heavy (non-hydrogen) atoms. The molecule has 0 fully saturated rings. The van der Waals surface area contributed by atoms with Crippen LogP contribution in [0.3, 0.4) is 0 Å². The van der Waals surface area contributed by atoms with Gasteiger partial charge in [-0.1, -0.05) is 30.3 Å². The minimum absolute atomic E-state index is 0.384. The molecule has 6 heteroatoms. The van der Waals surface area contributed by atoms with Crippen molar-refractivity contribution in [3.63, 3.8) is 0 Å². The van der Waals surface area contributed by atoms with Crippen molar-refractivity contribution < 1.29 is 12.8 Å². The van der Waals surface area contributed by atoms with Crippen LogP contribution in [0.2, 0.25) is 0 Å². The molecule has 0 bridgehead atoms. The van der Waals surface area contributed by atoms with E-state index in [-0.39, 0.29) is 0 Å². The van der Waals surface area contributed by atoms with Crippen LogP contribution >= 0.6 is 0 Å². The molecule has 0 aliphatic heterocycles. The Morgan fingerprint density at radius 2 is 2.00 bits per heavy atom. The Bertz CT molecular complexity index is 579. The van der Waals surface area contributed by atoms with Gasteiger partial charge in [-0.25, -0.2) is 18.5 Å². The van der Waals surface area contributed by atoms with Crippen molar-refractivity contribution in [2.75, 3.05) is 0 Å². The van der Waals surface area contributed by atoms with Crippen LogP contribution in [0.5, 0.6) is 0 Å². The summed E-state index contributed by atoms with van der Waals surface area (Å²) in [6, 6.07) is 8.95. The molecule has 1 heterocycles. The third kappa shape index (κ3) is 3.18. The minimum Gasteiger partial charge on any atom is -0.451 e. The molecule has 0 radical (unpaired) electrons. The molecule has 0 saturated carbocycles. The quantitative estimate of drug-likeness (QED) is 0.891. The second kappa shape index (κ2) is 5.32. The lowest BCUT2D eigenvalue weighted by atomic mass is 10.1. The molecule has 1 aromatic carbocycles. The van der Waals surface area contributed by atoms with E-state index >= 15 is 0 Å².